The highest BCUT2D eigenvalue weighted by molar-refractivity contribution is 5.97. The monoisotopic (exact) mass is 496 g/mol. The van der Waals surface area contributed by atoms with E-state index in [0.29, 0.717) is 37.5 Å². The van der Waals surface area contributed by atoms with Gasteiger partial charge in [-0.05, 0) is 75.6 Å². The minimum Gasteiger partial charge on any atom is -0.508 e. The van der Waals surface area contributed by atoms with E-state index >= 15 is 0 Å². The molecule has 1 unspecified atom stereocenters. The van der Waals surface area contributed by atoms with Crippen LogP contribution in [0.4, 0.5) is 0 Å². The summed E-state index contributed by atoms with van der Waals surface area (Å²) < 4.78 is 5.66. The molecule has 3 rings (SSSR count). The van der Waals surface area contributed by atoms with Gasteiger partial charge in [0, 0.05) is 19.2 Å². The van der Waals surface area contributed by atoms with Crippen LogP contribution in [0.3, 0.4) is 0 Å². The lowest BCUT2D eigenvalue weighted by molar-refractivity contribution is -0.157. The molecule has 1 amide bonds. The van der Waals surface area contributed by atoms with Gasteiger partial charge in [0.1, 0.15) is 23.1 Å². The molecule has 1 atom stereocenters. The zero-order chi connectivity index (χ0) is 26.5. The minimum atomic E-state index is -0.561. The summed E-state index contributed by atoms with van der Waals surface area (Å²) in [6.07, 6.45) is 2.13. The largest absolute Gasteiger partial charge is 0.508 e. The van der Waals surface area contributed by atoms with Crippen molar-refractivity contribution in [2.45, 2.75) is 71.4 Å². The number of hydrogen-bond donors (Lipinski definition) is 3. The molecule has 1 heterocycles. The van der Waals surface area contributed by atoms with E-state index in [1.807, 2.05) is 65.0 Å². The number of carbonyl (C=O) groups is 2. The number of nitrogens with zero attached hydrogens (tertiary/aromatic N) is 1. The Labute approximate surface area is 214 Å². The lowest BCUT2D eigenvalue weighted by Gasteiger charge is -2.33. The molecule has 7 heteroatoms. The van der Waals surface area contributed by atoms with Crippen LogP contribution < -0.4 is 5.32 Å². The summed E-state index contributed by atoms with van der Waals surface area (Å²) in [5, 5.41) is 23.8. The number of rotatable bonds is 8. The lowest BCUT2D eigenvalue weighted by Crippen LogP contribution is -2.46. The van der Waals surface area contributed by atoms with Crippen molar-refractivity contribution in [3.8, 4) is 11.5 Å². The summed E-state index contributed by atoms with van der Waals surface area (Å²) >= 11 is 0. The Morgan fingerprint density at radius 2 is 1.69 bits per heavy atom. The van der Waals surface area contributed by atoms with Gasteiger partial charge in [0.25, 0.3) is 5.91 Å². The van der Waals surface area contributed by atoms with E-state index in [0.717, 1.165) is 18.4 Å². The van der Waals surface area contributed by atoms with E-state index in [9.17, 15) is 19.8 Å². The summed E-state index contributed by atoms with van der Waals surface area (Å²) in [6, 6.07) is 12.3. The Bertz CT molecular complexity index is 1040. The van der Waals surface area contributed by atoms with Crippen LogP contribution in [0.25, 0.3) is 0 Å². The molecule has 0 aromatic heterocycles. The molecule has 36 heavy (non-hydrogen) atoms. The number of phenols is 2. The summed E-state index contributed by atoms with van der Waals surface area (Å²) in [5.41, 5.74) is 1.37. The second-order valence-corrected chi connectivity index (χ2v) is 11.0. The van der Waals surface area contributed by atoms with Gasteiger partial charge < -0.3 is 25.2 Å². The average Bonchev–Trinajstić information content (AvgIpc) is 2.81. The third-order valence-corrected chi connectivity index (χ3v) is 6.53. The van der Waals surface area contributed by atoms with Gasteiger partial charge >= 0.3 is 5.97 Å². The summed E-state index contributed by atoms with van der Waals surface area (Å²) in [5.74, 6) is -0.345. The van der Waals surface area contributed by atoms with Crippen molar-refractivity contribution in [3.05, 3.63) is 59.2 Å². The van der Waals surface area contributed by atoms with Gasteiger partial charge in [-0.15, -0.1) is 0 Å². The summed E-state index contributed by atoms with van der Waals surface area (Å²) in [4.78, 5) is 27.8. The Hall–Kier alpha value is -3.06. The normalized spacial score (nSPS) is 15.7. The van der Waals surface area contributed by atoms with Crippen LogP contribution >= 0.6 is 0 Å². The zero-order valence-corrected chi connectivity index (χ0v) is 22.1. The van der Waals surface area contributed by atoms with E-state index in [4.69, 9.17) is 4.74 Å². The second-order valence-electron chi connectivity index (χ2n) is 11.0. The number of ether oxygens (including phenoxy) is 1. The molecule has 3 N–H and O–H groups in total. The van der Waals surface area contributed by atoms with Crippen LogP contribution in [0.15, 0.2) is 42.5 Å². The Morgan fingerprint density at radius 3 is 2.28 bits per heavy atom. The molecule has 0 bridgehead atoms. The number of carbonyl (C=O) groups excluding carboxylic acids is 2. The van der Waals surface area contributed by atoms with Crippen molar-refractivity contribution >= 4 is 11.9 Å². The first kappa shape index (κ1) is 27.5. The number of nitrogens with one attached hydrogen (secondary N) is 1. The molecule has 0 spiro atoms. The van der Waals surface area contributed by atoms with E-state index in [1.54, 1.807) is 11.0 Å². The highest BCUT2D eigenvalue weighted by Gasteiger charge is 2.29. The molecule has 7 nitrogen and oxygen atoms in total. The van der Waals surface area contributed by atoms with Crippen molar-refractivity contribution in [1.82, 2.24) is 10.2 Å². The molecule has 2 aromatic rings. The number of hydrogen-bond acceptors (Lipinski definition) is 6. The van der Waals surface area contributed by atoms with Crippen LogP contribution in [0.2, 0.25) is 0 Å². The van der Waals surface area contributed by atoms with Crippen molar-refractivity contribution in [2.24, 2.45) is 5.92 Å². The standard InChI is InChI=1S/C29H40N2O5/c1-19(2)22-16-23(26(33)17-25(22)32)27(34)31-13-11-21(12-14-31)18-30-24(28(35)36-29(3,4)5)15-20-9-7-6-8-10-20/h6-10,16-17,19,21,24,30,32-33H,11-15,18H2,1-5H3. The van der Waals surface area contributed by atoms with Gasteiger partial charge in [0.2, 0.25) is 0 Å². The summed E-state index contributed by atoms with van der Waals surface area (Å²) in [6.45, 7) is 11.3. The highest BCUT2D eigenvalue weighted by atomic mass is 16.6. The van der Waals surface area contributed by atoms with Crippen molar-refractivity contribution in [1.29, 1.82) is 0 Å². The van der Waals surface area contributed by atoms with E-state index in [2.05, 4.69) is 5.32 Å². The maximum Gasteiger partial charge on any atom is 0.323 e. The number of likely N-dealkylation sites (tertiary alicyclic amines) is 1. The molecule has 0 radical (unpaired) electrons. The SMILES string of the molecule is CC(C)c1cc(C(=O)N2CCC(CNC(Cc3ccccc3)C(=O)OC(C)(C)C)CC2)c(O)cc1O. The number of aromatic hydroxyl groups is 2. The predicted molar refractivity (Wildman–Crippen MR) is 140 cm³/mol. The fourth-order valence-corrected chi connectivity index (χ4v) is 4.51. The summed E-state index contributed by atoms with van der Waals surface area (Å²) in [7, 11) is 0. The Kier molecular flexibility index (Phi) is 9.01. The predicted octanol–water partition coefficient (Wildman–Crippen LogP) is 4.62. The first-order chi connectivity index (χ1) is 16.9. The molecule has 1 aliphatic heterocycles. The molecule has 1 fully saturated rings. The van der Waals surface area contributed by atoms with E-state index < -0.39 is 11.6 Å². The van der Waals surface area contributed by atoms with E-state index in [1.165, 1.54) is 6.07 Å². The fourth-order valence-electron chi connectivity index (χ4n) is 4.51. The molecular formula is C29H40N2O5. The second kappa shape index (κ2) is 11.8. The van der Waals surface area contributed by atoms with Gasteiger partial charge in [-0.1, -0.05) is 44.2 Å². The van der Waals surface area contributed by atoms with Gasteiger partial charge in [-0.3, -0.25) is 9.59 Å². The lowest BCUT2D eigenvalue weighted by atomic mass is 9.94. The Morgan fingerprint density at radius 1 is 1.06 bits per heavy atom. The molecule has 1 saturated heterocycles. The van der Waals surface area contributed by atoms with Crippen LogP contribution in [0, 0.1) is 5.92 Å². The molecule has 0 aliphatic carbocycles. The number of amides is 1. The smallest absolute Gasteiger partial charge is 0.323 e. The number of phenolic OH excluding ortho intramolecular Hbond substituents is 2. The number of piperidine rings is 1. The maximum atomic E-state index is 13.1. The fraction of sp³-hybridized carbons (Fsp3) is 0.517. The number of esters is 1. The molecule has 0 saturated carbocycles. The maximum absolute atomic E-state index is 13.1. The van der Waals surface area contributed by atoms with Gasteiger partial charge in [0.05, 0.1) is 5.56 Å². The highest BCUT2D eigenvalue weighted by Crippen LogP contribution is 2.33. The van der Waals surface area contributed by atoms with Crippen LogP contribution in [0.5, 0.6) is 11.5 Å². The first-order valence-corrected chi connectivity index (χ1v) is 12.8. The third kappa shape index (κ3) is 7.47. The first-order valence-electron chi connectivity index (χ1n) is 12.8. The molecule has 2 aromatic carbocycles. The Balaban J connectivity index is 1.59. The van der Waals surface area contributed by atoms with Gasteiger partial charge in [0.15, 0.2) is 0 Å². The molecular weight excluding hydrogens is 456 g/mol. The van der Waals surface area contributed by atoms with Gasteiger partial charge in [-0.25, -0.2) is 0 Å². The topological polar surface area (TPSA) is 99.1 Å². The van der Waals surface area contributed by atoms with Gasteiger partial charge in [-0.2, -0.15) is 0 Å². The van der Waals surface area contributed by atoms with Crippen LogP contribution in [-0.2, 0) is 16.0 Å². The minimum absolute atomic E-state index is 0.00104. The zero-order valence-electron chi connectivity index (χ0n) is 22.1. The number of benzene rings is 2. The van der Waals surface area contributed by atoms with Crippen molar-refractivity contribution in [3.63, 3.8) is 0 Å². The average molecular weight is 497 g/mol. The van der Waals surface area contributed by atoms with Crippen LogP contribution in [0.1, 0.15) is 74.9 Å². The quantitative estimate of drug-likeness (QED) is 0.462. The van der Waals surface area contributed by atoms with E-state index in [-0.39, 0.29) is 34.9 Å². The van der Waals surface area contributed by atoms with Crippen LogP contribution in [-0.4, -0.2) is 58.3 Å². The third-order valence-electron chi connectivity index (χ3n) is 6.53. The van der Waals surface area contributed by atoms with Crippen molar-refractivity contribution < 1.29 is 24.5 Å². The molecule has 196 valence electrons. The molecule has 1 aliphatic rings. The van der Waals surface area contributed by atoms with Crippen molar-refractivity contribution in [2.75, 3.05) is 19.6 Å².